The third-order valence-corrected chi connectivity index (χ3v) is 5.58. The van der Waals surface area contributed by atoms with E-state index in [1.807, 2.05) is 37.3 Å². The Morgan fingerprint density at radius 3 is 2.61 bits per heavy atom. The quantitative estimate of drug-likeness (QED) is 0.434. The fraction of sp³-hybridized carbons (Fsp3) is 0.125. The van der Waals surface area contributed by atoms with Gasteiger partial charge in [-0.1, -0.05) is 42.0 Å². The summed E-state index contributed by atoms with van der Waals surface area (Å²) in [6, 6.07) is 15.7. The summed E-state index contributed by atoms with van der Waals surface area (Å²) in [6.07, 6.45) is 0. The lowest BCUT2D eigenvalue weighted by molar-refractivity contribution is 0.0529. The fourth-order valence-corrected chi connectivity index (χ4v) is 4.19. The number of nitrogens with one attached hydrogen (secondary N) is 1. The van der Waals surface area contributed by atoms with Gasteiger partial charge < -0.3 is 14.5 Å². The van der Waals surface area contributed by atoms with Crippen molar-refractivity contribution in [3.8, 4) is 11.1 Å². The highest BCUT2D eigenvalue weighted by atomic mass is 32.1. The van der Waals surface area contributed by atoms with E-state index in [0.717, 1.165) is 17.2 Å². The molecule has 0 aliphatic heterocycles. The molecular formula is C24H19NO5S. The van der Waals surface area contributed by atoms with Crippen LogP contribution in [0.5, 0.6) is 0 Å². The number of anilines is 1. The molecule has 4 aromatic rings. The second-order valence-electron chi connectivity index (χ2n) is 6.87. The zero-order chi connectivity index (χ0) is 22.0. The van der Waals surface area contributed by atoms with E-state index in [1.54, 1.807) is 30.5 Å². The van der Waals surface area contributed by atoms with E-state index in [4.69, 9.17) is 9.15 Å². The van der Waals surface area contributed by atoms with E-state index < -0.39 is 11.9 Å². The largest absolute Gasteiger partial charge is 0.462 e. The van der Waals surface area contributed by atoms with Gasteiger partial charge in [-0.3, -0.25) is 9.59 Å². The van der Waals surface area contributed by atoms with E-state index in [-0.39, 0.29) is 23.4 Å². The maximum atomic E-state index is 12.9. The predicted molar refractivity (Wildman–Crippen MR) is 121 cm³/mol. The molecule has 4 rings (SSSR count). The Morgan fingerprint density at radius 2 is 1.87 bits per heavy atom. The Hall–Kier alpha value is -3.71. The molecule has 1 amide bonds. The zero-order valence-electron chi connectivity index (χ0n) is 16.9. The molecule has 156 valence electrons. The minimum atomic E-state index is -0.619. The normalized spacial score (nSPS) is 10.8. The molecule has 6 nitrogen and oxygen atoms in total. The molecular weight excluding hydrogens is 414 g/mol. The van der Waals surface area contributed by atoms with Crippen molar-refractivity contribution in [2.45, 2.75) is 13.8 Å². The van der Waals surface area contributed by atoms with Crippen molar-refractivity contribution in [1.82, 2.24) is 0 Å². The number of thiophene rings is 1. The molecule has 31 heavy (non-hydrogen) atoms. The molecule has 0 bridgehead atoms. The summed E-state index contributed by atoms with van der Waals surface area (Å²) in [5.74, 6) is -1.29. The van der Waals surface area contributed by atoms with Crippen LogP contribution in [0.2, 0.25) is 0 Å². The summed E-state index contributed by atoms with van der Waals surface area (Å²) in [5, 5.41) is 5.23. The van der Waals surface area contributed by atoms with Gasteiger partial charge in [0.25, 0.3) is 5.91 Å². The van der Waals surface area contributed by atoms with Gasteiger partial charge in [-0.25, -0.2) is 4.79 Å². The van der Waals surface area contributed by atoms with E-state index in [0.29, 0.717) is 21.5 Å². The van der Waals surface area contributed by atoms with E-state index in [1.165, 1.54) is 11.3 Å². The number of carbonyl (C=O) groups is 2. The van der Waals surface area contributed by atoms with Gasteiger partial charge in [0.15, 0.2) is 11.2 Å². The van der Waals surface area contributed by atoms with Crippen LogP contribution in [0.25, 0.3) is 22.1 Å². The molecule has 0 atom stereocenters. The van der Waals surface area contributed by atoms with Crippen LogP contribution in [0.4, 0.5) is 5.00 Å². The van der Waals surface area contributed by atoms with Crippen molar-refractivity contribution in [2.75, 3.05) is 11.9 Å². The van der Waals surface area contributed by atoms with Crippen molar-refractivity contribution in [2.24, 2.45) is 0 Å². The van der Waals surface area contributed by atoms with Crippen molar-refractivity contribution in [3.63, 3.8) is 0 Å². The summed E-state index contributed by atoms with van der Waals surface area (Å²) in [4.78, 5) is 38.0. The third kappa shape index (κ3) is 4.13. The van der Waals surface area contributed by atoms with Gasteiger partial charge in [0.1, 0.15) is 16.1 Å². The Bertz CT molecular complexity index is 1340. The maximum absolute atomic E-state index is 12.9. The highest BCUT2D eigenvalue weighted by Gasteiger charge is 2.24. The van der Waals surface area contributed by atoms with Crippen LogP contribution < -0.4 is 10.7 Å². The number of ether oxygens (including phenoxy) is 1. The second kappa shape index (κ2) is 8.57. The lowest BCUT2D eigenvalue weighted by Crippen LogP contribution is -2.16. The van der Waals surface area contributed by atoms with Crippen LogP contribution in [0.3, 0.4) is 0 Å². The van der Waals surface area contributed by atoms with Gasteiger partial charge in [-0.05, 0) is 31.5 Å². The van der Waals surface area contributed by atoms with Crippen molar-refractivity contribution >= 4 is 39.2 Å². The Balaban J connectivity index is 1.72. The molecule has 0 saturated carbocycles. The Morgan fingerprint density at radius 1 is 1.10 bits per heavy atom. The highest BCUT2D eigenvalue weighted by Crippen LogP contribution is 2.36. The van der Waals surface area contributed by atoms with Gasteiger partial charge in [0.05, 0.1) is 12.0 Å². The zero-order valence-corrected chi connectivity index (χ0v) is 17.7. The van der Waals surface area contributed by atoms with Gasteiger partial charge in [-0.15, -0.1) is 11.3 Å². The van der Waals surface area contributed by atoms with E-state index >= 15 is 0 Å². The van der Waals surface area contributed by atoms with Crippen LogP contribution in [0.1, 0.15) is 33.4 Å². The second-order valence-corrected chi connectivity index (χ2v) is 7.75. The van der Waals surface area contributed by atoms with Gasteiger partial charge in [-0.2, -0.15) is 0 Å². The Labute approximate surface area is 182 Å². The SMILES string of the molecule is CCOC(=O)c1c(-c2ccccc2)csc1NC(=O)c1cc(=O)c2cc(C)ccc2o1. The number of rotatable bonds is 5. The number of hydrogen-bond acceptors (Lipinski definition) is 6. The van der Waals surface area contributed by atoms with Crippen LogP contribution in [-0.4, -0.2) is 18.5 Å². The molecule has 0 fully saturated rings. The first kappa shape index (κ1) is 20.6. The van der Waals surface area contributed by atoms with Crippen LogP contribution in [-0.2, 0) is 4.74 Å². The van der Waals surface area contributed by atoms with Crippen LogP contribution in [0, 0.1) is 6.92 Å². The first-order chi connectivity index (χ1) is 15.0. The monoisotopic (exact) mass is 433 g/mol. The average Bonchev–Trinajstić information content (AvgIpc) is 3.18. The predicted octanol–water partition coefficient (Wildman–Crippen LogP) is 5.26. The molecule has 0 unspecified atom stereocenters. The molecule has 0 aliphatic rings. The van der Waals surface area contributed by atoms with E-state index in [9.17, 15) is 14.4 Å². The minimum absolute atomic E-state index is 0.133. The molecule has 1 N–H and O–H groups in total. The van der Waals surface area contributed by atoms with Crippen molar-refractivity contribution < 1.29 is 18.7 Å². The van der Waals surface area contributed by atoms with Gasteiger partial charge >= 0.3 is 5.97 Å². The minimum Gasteiger partial charge on any atom is -0.462 e. The number of fused-ring (bicyclic) bond motifs is 1. The summed E-state index contributed by atoms with van der Waals surface area (Å²) in [5.41, 5.74) is 2.69. The van der Waals surface area contributed by atoms with Crippen LogP contribution >= 0.6 is 11.3 Å². The molecule has 2 aromatic carbocycles. The number of esters is 1. The number of amides is 1. The van der Waals surface area contributed by atoms with Crippen LogP contribution in [0.15, 0.2) is 69.2 Å². The van der Waals surface area contributed by atoms with Gasteiger partial charge in [0, 0.05) is 17.0 Å². The molecule has 2 aromatic heterocycles. The summed E-state index contributed by atoms with van der Waals surface area (Å²) >= 11 is 1.21. The topological polar surface area (TPSA) is 85.6 Å². The smallest absolute Gasteiger partial charge is 0.341 e. The molecule has 0 radical (unpaired) electrons. The molecule has 0 spiro atoms. The lowest BCUT2D eigenvalue weighted by atomic mass is 10.0. The fourth-order valence-electron chi connectivity index (χ4n) is 3.23. The summed E-state index contributed by atoms with van der Waals surface area (Å²) in [7, 11) is 0. The number of aryl methyl sites for hydroxylation is 1. The summed E-state index contributed by atoms with van der Waals surface area (Å²) in [6.45, 7) is 3.79. The van der Waals surface area contributed by atoms with Crippen molar-refractivity contribution in [1.29, 1.82) is 0 Å². The number of hydrogen-bond donors (Lipinski definition) is 1. The van der Waals surface area contributed by atoms with Gasteiger partial charge in [0.2, 0.25) is 0 Å². The first-order valence-electron chi connectivity index (χ1n) is 9.68. The molecule has 0 aliphatic carbocycles. The molecule has 2 heterocycles. The van der Waals surface area contributed by atoms with E-state index in [2.05, 4.69) is 5.32 Å². The maximum Gasteiger partial charge on any atom is 0.341 e. The molecule has 7 heteroatoms. The Kier molecular flexibility index (Phi) is 5.68. The number of benzene rings is 2. The lowest BCUT2D eigenvalue weighted by Gasteiger charge is -2.09. The summed E-state index contributed by atoms with van der Waals surface area (Å²) < 4.78 is 10.9. The number of carbonyl (C=O) groups excluding carboxylic acids is 2. The molecule has 0 saturated heterocycles. The highest BCUT2D eigenvalue weighted by molar-refractivity contribution is 7.15. The third-order valence-electron chi connectivity index (χ3n) is 4.69. The average molecular weight is 433 g/mol. The standard InChI is InChI=1S/C24H19NO5S/c1-3-29-24(28)21-17(15-7-5-4-6-8-15)13-31-23(21)25-22(27)20-12-18(26)16-11-14(2)9-10-19(16)30-20/h4-13H,3H2,1-2H3,(H,25,27). The first-order valence-corrected chi connectivity index (χ1v) is 10.6. The van der Waals surface area contributed by atoms with Crippen molar-refractivity contribution in [3.05, 3.63) is 87.1 Å².